The van der Waals surface area contributed by atoms with Gasteiger partial charge in [0.25, 0.3) is 0 Å². The van der Waals surface area contributed by atoms with Gasteiger partial charge >= 0.3 is 0 Å². The SMILES string of the molecule is CN=C(NCC(c1cccs1)N1CCCC1)Nc1ccc(OC)c(OC)c1.I. The van der Waals surface area contributed by atoms with Crippen molar-refractivity contribution in [1.82, 2.24) is 10.2 Å². The normalized spacial score (nSPS) is 15.6. The lowest BCUT2D eigenvalue weighted by atomic mass is 10.2. The topological polar surface area (TPSA) is 58.1 Å². The number of hydrogen-bond donors (Lipinski definition) is 2. The first-order chi connectivity index (χ1) is 13.2. The average Bonchev–Trinajstić information content (AvgIpc) is 3.41. The number of thiophene rings is 1. The molecule has 1 aromatic heterocycles. The van der Waals surface area contributed by atoms with Gasteiger partial charge in [-0.3, -0.25) is 9.89 Å². The van der Waals surface area contributed by atoms with E-state index >= 15 is 0 Å². The Kier molecular flexibility index (Phi) is 9.33. The van der Waals surface area contributed by atoms with Crippen molar-refractivity contribution in [2.45, 2.75) is 18.9 Å². The Hall–Kier alpha value is -1.52. The van der Waals surface area contributed by atoms with E-state index in [9.17, 15) is 0 Å². The van der Waals surface area contributed by atoms with E-state index in [4.69, 9.17) is 9.47 Å². The van der Waals surface area contributed by atoms with Crippen LogP contribution in [0.4, 0.5) is 5.69 Å². The summed E-state index contributed by atoms with van der Waals surface area (Å²) in [7, 11) is 5.05. The second-order valence-corrected chi connectivity index (χ2v) is 7.40. The Morgan fingerprint density at radius 3 is 2.54 bits per heavy atom. The minimum absolute atomic E-state index is 0. The number of nitrogens with one attached hydrogen (secondary N) is 2. The molecule has 0 bridgehead atoms. The minimum atomic E-state index is 0. The molecule has 28 heavy (non-hydrogen) atoms. The standard InChI is InChI=1S/C20H28N4O2S.HI/c1-21-20(23-15-8-9-17(25-2)18(13-15)26-3)22-14-16(19-7-6-12-27-19)24-10-4-5-11-24;/h6-9,12-13,16H,4-5,10-11,14H2,1-3H3,(H2,21,22,23);1H. The maximum Gasteiger partial charge on any atom is 0.195 e. The third-order valence-electron chi connectivity index (χ3n) is 4.79. The van der Waals surface area contributed by atoms with Crippen molar-refractivity contribution in [3.63, 3.8) is 0 Å². The number of anilines is 1. The number of aliphatic imine (C=N–C) groups is 1. The molecule has 2 heterocycles. The van der Waals surface area contributed by atoms with Gasteiger partial charge in [0.2, 0.25) is 0 Å². The molecule has 1 aliphatic rings. The molecule has 0 radical (unpaired) electrons. The molecule has 1 atom stereocenters. The summed E-state index contributed by atoms with van der Waals surface area (Å²) in [5.41, 5.74) is 0.898. The molecule has 1 saturated heterocycles. The van der Waals surface area contributed by atoms with E-state index < -0.39 is 0 Å². The second-order valence-electron chi connectivity index (χ2n) is 6.42. The van der Waals surface area contributed by atoms with Crippen LogP contribution in [0.25, 0.3) is 0 Å². The Morgan fingerprint density at radius 2 is 1.93 bits per heavy atom. The summed E-state index contributed by atoms with van der Waals surface area (Å²) in [5.74, 6) is 2.13. The fourth-order valence-corrected chi connectivity index (χ4v) is 4.23. The van der Waals surface area contributed by atoms with Crippen LogP contribution in [0.2, 0.25) is 0 Å². The van der Waals surface area contributed by atoms with Crippen LogP contribution in [0.1, 0.15) is 23.8 Å². The zero-order valence-corrected chi connectivity index (χ0v) is 19.8. The molecule has 2 N–H and O–H groups in total. The second kappa shape index (κ2) is 11.5. The van der Waals surface area contributed by atoms with Gasteiger partial charge in [0.15, 0.2) is 17.5 Å². The molecule has 0 aliphatic carbocycles. The summed E-state index contributed by atoms with van der Waals surface area (Å²) in [6, 6.07) is 10.5. The first kappa shape index (κ1) is 22.8. The number of likely N-dealkylation sites (tertiary alicyclic amines) is 1. The van der Waals surface area contributed by atoms with Gasteiger partial charge in [-0.1, -0.05) is 6.07 Å². The molecule has 0 amide bonds. The molecule has 2 aromatic rings. The van der Waals surface area contributed by atoms with Gasteiger partial charge in [0, 0.05) is 30.2 Å². The van der Waals surface area contributed by atoms with Gasteiger partial charge in [0.05, 0.1) is 20.3 Å². The number of nitrogens with zero attached hydrogens (tertiary/aromatic N) is 2. The minimum Gasteiger partial charge on any atom is -0.493 e. The molecule has 8 heteroatoms. The molecule has 1 aliphatic heterocycles. The highest BCUT2D eigenvalue weighted by Gasteiger charge is 2.24. The van der Waals surface area contributed by atoms with Crippen LogP contribution >= 0.6 is 35.3 Å². The number of methoxy groups -OCH3 is 2. The van der Waals surface area contributed by atoms with Crippen LogP contribution in [0, 0.1) is 0 Å². The largest absolute Gasteiger partial charge is 0.493 e. The third kappa shape index (κ3) is 5.74. The molecule has 154 valence electrons. The number of hydrogen-bond acceptors (Lipinski definition) is 5. The molecular formula is C20H29IN4O2S. The summed E-state index contributed by atoms with van der Waals surface area (Å²) in [6.07, 6.45) is 2.56. The van der Waals surface area contributed by atoms with E-state index in [0.717, 1.165) is 31.3 Å². The van der Waals surface area contributed by atoms with Crippen LogP contribution in [0.3, 0.4) is 0 Å². The van der Waals surface area contributed by atoms with Crippen LogP contribution in [0.15, 0.2) is 40.7 Å². The zero-order chi connectivity index (χ0) is 19.1. The van der Waals surface area contributed by atoms with E-state index in [0.29, 0.717) is 17.5 Å². The van der Waals surface area contributed by atoms with Crippen molar-refractivity contribution >= 4 is 47.0 Å². The summed E-state index contributed by atoms with van der Waals surface area (Å²) in [5, 5.41) is 8.96. The summed E-state index contributed by atoms with van der Waals surface area (Å²) in [6.45, 7) is 3.13. The van der Waals surface area contributed by atoms with Crippen molar-refractivity contribution in [3.05, 3.63) is 40.6 Å². The van der Waals surface area contributed by atoms with Gasteiger partial charge in [-0.2, -0.15) is 0 Å². The highest BCUT2D eigenvalue weighted by atomic mass is 127. The van der Waals surface area contributed by atoms with Gasteiger partial charge in [0.1, 0.15) is 0 Å². The Morgan fingerprint density at radius 1 is 1.18 bits per heavy atom. The number of rotatable bonds is 7. The monoisotopic (exact) mass is 516 g/mol. The van der Waals surface area contributed by atoms with Gasteiger partial charge < -0.3 is 20.1 Å². The number of halogens is 1. The van der Waals surface area contributed by atoms with E-state index in [1.807, 2.05) is 29.5 Å². The third-order valence-corrected chi connectivity index (χ3v) is 5.76. The van der Waals surface area contributed by atoms with Crippen LogP contribution < -0.4 is 20.1 Å². The molecule has 1 aromatic carbocycles. The predicted octanol–water partition coefficient (Wildman–Crippen LogP) is 4.21. The Labute approximate surface area is 188 Å². The first-order valence-electron chi connectivity index (χ1n) is 9.22. The van der Waals surface area contributed by atoms with Gasteiger partial charge in [-0.05, 0) is 49.5 Å². The Bertz CT molecular complexity index is 749. The van der Waals surface area contributed by atoms with Crippen molar-refractivity contribution in [2.75, 3.05) is 46.2 Å². The maximum atomic E-state index is 5.38. The van der Waals surface area contributed by atoms with Crippen molar-refractivity contribution < 1.29 is 9.47 Å². The fraction of sp³-hybridized carbons (Fsp3) is 0.450. The molecule has 1 unspecified atom stereocenters. The summed E-state index contributed by atoms with van der Waals surface area (Å²) >= 11 is 1.82. The lowest BCUT2D eigenvalue weighted by Crippen LogP contribution is -2.39. The smallest absolute Gasteiger partial charge is 0.195 e. The number of ether oxygens (including phenoxy) is 2. The number of benzene rings is 1. The Balaban J connectivity index is 0.00000280. The van der Waals surface area contributed by atoms with E-state index in [-0.39, 0.29) is 24.0 Å². The zero-order valence-electron chi connectivity index (χ0n) is 16.6. The van der Waals surface area contributed by atoms with Gasteiger partial charge in [-0.25, -0.2) is 0 Å². The fourth-order valence-electron chi connectivity index (χ4n) is 3.37. The van der Waals surface area contributed by atoms with Crippen molar-refractivity contribution in [3.8, 4) is 11.5 Å². The summed E-state index contributed by atoms with van der Waals surface area (Å²) < 4.78 is 10.7. The lowest BCUT2D eigenvalue weighted by Gasteiger charge is -2.27. The van der Waals surface area contributed by atoms with Crippen molar-refractivity contribution in [1.29, 1.82) is 0 Å². The van der Waals surface area contributed by atoms with Crippen LogP contribution in [0.5, 0.6) is 11.5 Å². The van der Waals surface area contributed by atoms with E-state index in [1.165, 1.54) is 17.7 Å². The molecule has 3 rings (SSSR count). The van der Waals surface area contributed by atoms with Crippen LogP contribution in [-0.4, -0.2) is 51.8 Å². The predicted molar refractivity (Wildman–Crippen MR) is 128 cm³/mol. The maximum absolute atomic E-state index is 5.38. The molecule has 0 spiro atoms. The van der Waals surface area contributed by atoms with E-state index in [1.54, 1.807) is 21.3 Å². The summed E-state index contributed by atoms with van der Waals surface area (Å²) in [4.78, 5) is 8.32. The molecular weight excluding hydrogens is 487 g/mol. The van der Waals surface area contributed by atoms with E-state index in [2.05, 4.69) is 38.0 Å². The highest BCUT2D eigenvalue weighted by Crippen LogP contribution is 2.30. The molecule has 1 fully saturated rings. The number of guanidine groups is 1. The van der Waals surface area contributed by atoms with Crippen LogP contribution in [-0.2, 0) is 0 Å². The first-order valence-corrected chi connectivity index (χ1v) is 10.1. The van der Waals surface area contributed by atoms with Gasteiger partial charge in [-0.15, -0.1) is 35.3 Å². The molecule has 0 saturated carbocycles. The average molecular weight is 516 g/mol. The van der Waals surface area contributed by atoms with Crippen molar-refractivity contribution in [2.24, 2.45) is 4.99 Å². The molecule has 6 nitrogen and oxygen atoms in total. The lowest BCUT2D eigenvalue weighted by molar-refractivity contribution is 0.249. The highest BCUT2D eigenvalue weighted by molar-refractivity contribution is 14.0. The quantitative estimate of drug-likeness (QED) is 0.328.